The van der Waals surface area contributed by atoms with Gasteiger partial charge in [-0.15, -0.1) is 0 Å². The largest absolute Gasteiger partial charge is 0.354 e. The first-order valence-corrected chi connectivity index (χ1v) is 8.17. The molecule has 0 aliphatic rings. The monoisotopic (exact) mass is 342 g/mol. The lowest BCUT2D eigenvalue weighted by Gasteiger charge is -2.17. The number of carbonyl (C=O) groups is 1. The van der Waals surface area contributed by atoms with E-state index in [-0.39, 0.29) is 5.91 Å². The summed E-state index contributed by atoms with van der Waals surface area (Å²) in [4.78, 5) is 18.5. The molecule has 0 fully saturated rings. The van der Waals surface area contributed by atoms with Gasteiger partial charge in [-0.3, -0.25) is 9.78 Å². The lowest BCUT2D eigenvalue weighted by molar-refractivity contribution is 0.0784. The number of nitrogens with one attached hydrogen (secondary N) is 1. The number of nitrogens with zero attached hydrogens (tertiary/aromatic N) is 3. The van der Waals surface area contributed by atoms with E-state index in [0.29, 0.717) is 23.4 Å². The average Bonchev–Trinajstić information content (AvgIpc) is 2.68. The Balaban J connectivity index is 1.73. The molecule has 1 amide bonds. The van der Waals surface area contributed by atoms with Gasteiger partial charge in [0.2, 0.25) is 0 Å². The molecular formula is C21H18N4O. The number of hydrogen-bond acceptors (Lipinski definition) is 4. The van der Waals surface area contributed by atoms with E-state index in [9.17, 15) is 4.79 Å². The third-order valence-corrected chi connectivity index (χ3v) is 3.87. The van der Waals surface area contributed by atoms with Crippen molar-refractivity contribution in [2.45, 2.75) is 6.54 Å². The van der Waals surface area contributed by atoms with E-state index in [2.05, 4.69) is 16.4 Å². The summed E-state index contributed by atoms with van der Waals surface area (Å²) in [6, 6.07) is 20.8. The molecule has 26 heavy (non-hydrogen) atoms. The van der Waals surface area contributed by atoms with Crippen LogP contribution in [0.15, 0.2) is 73.1 Å². The molecule has 2 aromatic carbocycles. The molecule has 3 rings (SSSR count). The predicted octanol–water partition coefficient (Wildman–Crippen LogP) is 3.97. The highest BCUT2D eigenvalue weighted by Crippen LogP contribution is 2.18. The molecule has 0 radical (unpaired) electrons. The highest BCUT2D eigenvalue weighted by atomic mass is 16.2. The average molecular weight is 342 g/mol. The van der Waals surface area contributed by atoms with Crippen molar-refractivity contribution in [2.75, 3.05) is 12.4 Å². The number of nitriles is 1. The number of hydrogen-bond donors (Lipinski definition) is 1. The zero-order valence-electron chi connectivity index (χ0n) is 14.4. The Morgan fingerprint density at radius 2 is 1.88 bits per heavy atom. The number of anilines is 2. The Hall–Kier alpha value is -3.65. The lowest BCUT2D eigenvalue weighted by atomic mass is 10.2. The summed E-state index contributed by atoms with van der Waals surface area (Å²) in [5.41, 5.74) is 3.61. The van der Waals surface area contributed by atoms with Crippen LogP contribution in [-0.4, -0.2) is 22.8 Å². The Labute approximate surface area is 152 Å². The van der Waals surface area contributed by atoms with Crippen LogP contribution in [0.3, 0.4) is 0 Å². The zero-order valence-corrected chi connectivity index (χ0v) is 14.4. The van der Waals surface area contributed by atoms with Crippen LogP contribution in [0.2, 0.25) is 0 Å². The van der Waals surface area contributed by atoms with Crippen LogP contribution in [0.5, 0.6) is 0 Å². The molecule has 0 aliphatic carbocycles. The van der Waals surface area contributed by atoms with Crippen molar-refractivity contribution in [1.82, 2.24) is 9.88 Å². The maximum atomic E-state index is 12.7. The Morgan fingerprint density at radius 3 is 2.65 bits per heavy atom. The third-order valence-electron chi connectivity index (χ3n) is 3.87. The number of aromatic nitrogens is 1. The number of carbonyl (C=O) groups excluding carboxylic acids is 1. The SMILES string of the molecule is CN(Cc1ccccc1)C(=O)c1cncc(Nc2cccc(C#N)c2)c1. The van der Waals surface area contributed by atoms with Crippen LogP contribution >= 0.6 is 0 Å². The van der Waals surface area contributed by atoms with E-state index < -0.39 is 0 Å². The summed E-state index contributed by atoms with van der Waals surface area (Å²) in [5, 5.41) is 12.2. The molecule has 0 spiro atoms. The maximum absolute atomic E-state index is 12.7. The van der Waals surface area contributed by atoms with Crippen molar-refractivity contribution in [3.63, 3.8) is 0 Å². The van der Waals surface area contributed by atoms with Gasteiger partial charge in [0.05, 0.1) is 29.1 Å². The van der Waals surface area contributed by atoms with Gasteiger partial charge >= 0.3 is 0 Å². The molecule has 3 aromatic rings. The summed E-state index contributed by atoms with van der Waals surface area (Å²) in [5.74, 6) is -0.101. The van der Waals surface area contributed by atoms with Crippen molar-refractivity contribution in [3.8, 4) is 6.07 Å². The molecule has 128 valence electrons. The number of rotatable bonds is 5. The molecule has 1 N–H and O–H groups in total. The first-order valence-electron chi connectivity index (χ1n) is 8.17. The van der Waals surface area contributed by atoms with Crippen molar-refractivity contribution in [3.05, 3.63) is 89.7 Å². The molecule has 0 saturated heterocycles. The fraction of sp³-hybridized carbons (Fsp3) is 0.0952. The first kappa shape index (κ1) is 17.2. The van der Waals surface area contributed by atoms with Crippen molar-refractivity contribution < 1.29 is 4.79 Å². The summed E-state index contributed by atoms with van der Waals surface area (Å²) in [7, 11) is 1.77. The van der Waals surface area contributed by atoms with Crippen LogP contribution < -0.4 is 5.32 Å². The Kier molecular flexibility index (Phi) is 5.25. The van der Waals surface area contributed by atoms with E-state index in [1.165, 1.54) is 0 Å². The van der Waals surface area contributed by atoms with Crippen LogP contribution in [0.1, 0.15) is 21.5 Å². The van der Waals surface area contributed by atoms with Gasteiger partial charge in [-0.05, 0) is 29.8 Å². The second-order valence-corrected chi connectivity index (χ2v) is 5.93. The van der Waals surface area contributed by atoms with E-state index in [4.69, 9.17) is 5.26 Å². The predicted molar refractivity (Wildman–Crippen MR) is 101 cm³/mol. The molecular weight excluding hydrogens is 324 g/mol. The van der Waals surface area contributed by atoms with E-state index in [1.807, 2.05) is 36.4 Å². The Morgan fingerprint density at radius 1 is 1.08 bits per heavy atom. The summed E-state index contributed by atoms with van der Waals surface area (Å²) in [6.45, 7) is 0.529. The number of pyridine rings is 1. The van der Waals surface area contributed by atoms with E-state index in [0.717, 1.165) is 11.3 Å². The lowest BCUT2D eigenvalue weighted by Crippen LogP contribution is -2.26. The second-order valence-electron chi connectivity index (χ2n) is 5.93. The molecule has 0 unspecified atom stereocenters. The summed E-state index contributed by atoms with van der Waals surface area (Å²) in [6.07, 6.45) is 3.20. The van der Waals surface area contributed by atoms with Gasteiger partial charge in [-0.1, -0.05) is 36.4 Å². The van der Waals surface area contributed by atoms with Gasteiger partial charge in [-0.25, -0.2) is 0 Å². The minimum atomic E-state index is -0.101. The van der Waals surface area contributed by atoms with Crippen LogP contribution in [0.4, 0.5) is 11.4 Å². The van der Waals surface area contributed by atoms with Gasteiger partial charge in [0.15, 0.2) is 0 Å². The van der Waals surface area contributed by atoms with Crippen molar-refractivity contribution in [2.24, 2.45) is 0 Å². The fourth-order valence-corrected chi connectivity index (χ4v) is 2.61. The van der Waals surface area contributed by atoms with Gasteiger partial charge in [0, 0.05) is 25.5 Å². The number of benzene rings is 2. The third kappa shape index (κ3) is 4.25. The molecule has 5 nitrogen and oxygen atoms in total. The van der Waals surface area contributed by atoms with Crippen molar-refractivity contribution in [1.29, 1.82) is 5.26 Å². The molecule has 0 atom stereocenters. The van der Waals surface area contributed by atoms with Gasteiger partial charge < -0.3 is 10.2 Å². The van der Waals surface area contributed by atoms with E-state index >= 15 is 0 Å². The molecule has 5 heteroatoms. The highest BCUT2D eigenvalue weighted by Gasteiger charge is 2.13. The standard InChI is InChI=1S/C21H18N4O/c1-25(15-16-6-3-2-4-7-16)21(26)18-11-20(14-23-13-18)24-19-9-5-8-17(10-19)12-22/h2-11,13-14,24H,15H2,1H3. The van der Waals surface area contributed by atoms with Crippen molar-refractivity contribution >= 4 is 17.3 Å². The summed E-state index contributed by atoms with van der Waals surface area (Å²) < 4.78 is 0. The van der Waals surface area contributed by atoms with Crippen LogP contribution in [0, 0.1) is 11.3 Å². The molecule has 0 bridgehead atoms. The molecule has 0 aliphatic heterocycles. The fourth-order valence-electron chi connectivity index (χ4n) is 2.61. The highest BCUT2D eigenvalue weighted by molar-refractivity contribution is 5.94. The van der Waals surface area contributed by atoms with Crippen LogP contribution in [-0.2, 0) is 6.54 Å². The first-order chi connectivity index (χ1) is 12.7. The topological polar surface area (TPSA) is 69.0 Å². The molecule has 1 heterocycles. The van der Waals surface area contributed by atoms with Gasteiger partial charge in [-0.2, -0.15) is 5.26 Å². The van der Waals surface area contributed by atoms with Crippen LogP contribution in [0.25, 0.3) is 0 Å². The minimum absolute atomic E-state index is 0.101. The quantitative estimate of drug-likeness (QED) is 0.762. The number of amides is 1. The zero-order chi connectivity index (χ0) is 18.4. The Bertz CT molecular complexity index is 947. The summed E-state index contributed by atoms with van der Waals surface area (Å²) >= 11 is 0. The molecule has 1 aromatic heterocycles. The smallest absolute Gasteiger partial charge is 0.255 e. The minimum Gasteiger partial charge on any atom is -0.354 e. The maximum Gasteiger partial charge on any atom is 0.255 e. The van der Waals surface area contributed by atoms with E-state index in [1.54, 1.807) is 48.6 Å². The second kappa shape index (κ2) is 7.95. The van der Waals surface area contributed by atoms with Gasteiger partial charge in [0.1, 0.15) is 0 Å². The normalized spacial score (nSPS) is 10.0. The van der Waals surface area contributed by atoms with Gasteiger partial charge in [0.25, 0.3) is 5.91 Å². The molecule has 0 saturated carbocycles.